The summed E-state index contributed by atoms with van der Waals surface area (Å²) in [6.45, 7) is 0.810. The second-order valence-corrected chi connectivity index (χ2v) is 8.12. The molecule has 1 aliphatic rings. The van der Waals surface area contributed by atoms with Crippen LogP contribution in [0.2, 0.25) is 0 Å². The van der Waals surface area contributed by atoms with Crippen molar-refractivity contribution >= 4 is 6.08 Å². The van der Waals surface area contributed by atoms with Crippen LogP contribution in [0.3, 0.4) is 0 Å². The zero-order chi connectivity index (χ0) is 20.9. The lowest BCUT2D eigenvalue weighted by Gasteiger charge is -2.39. The van der Waals surface area contributed by atoms with Gasteiger partial charge in [-0.2, -0.15) is 0 Å². The van der Waals surface area contributed by atoms with Crippen molar-refractivity contribution in [1.82, 2.24) is 4.90 Å². The van der Waals surface area contributed by atoms with Crippen molar-refractivity contribution < 1.29 is 14.6 Å². The predicted octanol–water partition coefficient (Wildman–Crippen LogP) is 4.73. The number of rotatable bonds is 6. The molecule has 1 N–H and O–H groups in total. The number of methoxy groups -OCH3 is 2. The molecule has 3 rings (SSSR count). The molecule has 1 aliphatic carbocycles. The van der Waals surface area contributed by atoms with Crippen LogP contribution in [-0.2, 0) is 5.60 Å². The molecule has 1 saturated carbocycles. The highest BCUT2D eigenvalue weighted by atomic mass is 16.5. The number of ether oxygens (including phenoxy) is 2. The lowest BCUT2D eigenvalue weighted by Crippen LogP contribution is -2.41. The van der Waals surface area contributed by atoms with Gasteiger partial charge in [-0.25, -0.2) is 0 Å². The fraction of sp³-hybridized carbons (Fsp3) is 0.440. The summed E-state index contributed by atoms with van der Waals surface area (Å²) in [6.07, 6.45) is 6.14. The van der Waals surface area contributed by atoms with Crippen LogP contribution in [0.15, 0.2) is 54.1 Å². The minimum atomic E-state index is -1.09. The first-order chi connectivity index (χ1) is 14.0. The highest BCUT2D eigenvalue weighted by Gasteiger charge is 2.44. The van der Waals surface area contributed by atoms with E-state index >= 15 is 0 Å². The SMILES string of the molecule is COc1cccc(C=C2CCCCC(CN(C)C)C2(O)c2ccccc2OC)c1. The Morgan fingerprint density at radius 3 is 2.59 bits per heavy atom. The molecule has 0 aliphatic heterocycles. The molecular formula is C25H33NO3. The third-order valence-corrected chi connectivity index (χ3v) is 5.87. The molecular weight excluding hydrogens is 362 g/mol. The Kier molecular flexibility index (Phi) is 6.99. The monoisotopic (exact) mass is 395 g/mol. The van der Waals surface area contributed by atoms with E-state index in [-0.39, 0.29) is 5.92 Å². The maximum Gasteiger partial charge on any atom is 0.125 e. The maximum absolute atomic E-state index is 12.4. The Labute approximate surface area is 174 Å². The average molecular weight is 396 g/mol. The molecule has 2 aromatic rings. The van der Waals surface area contributed by atoms with E-state index in [0.717, 1.165) is 60.4 Å². The molecule has 2 atom stereocenters. The minimum Gasteiger partial charge on any atom is -0.497 e. The highest BCUT2D eigenvalue weighted by molar-refractivity contribution is 5.60. The first-order valence-corrected chi connectivity index (χ1v) is 10.3. The van der Waals surface area contributed by atoms with Crippen molar-refractivity contribution in [2.45, 2.75) is 31.3 Å². The topological polar surface area (TPSA) is 41.9 Å². The summed E-state index contributed by atoms with van der Waals surface area (Å²) in [5.74, 6) is 1.63. The normalized spacial score (nSPS) is 23.8. The van der Waals surface area contributed by atoms with E-state index in [1.54, 1.807) is 14.2 Å². The fourth-order valence-electron chi connectivity index (χ4n) is 4.50. The Bertz CT molecular complexity index is 845. The molecule has 0 heterocycles. The molecule has 0 radical (unpaired) electrons. The van der Waals surface area contributed by atoms with Gasteiger partial charge in [0.05, 0.1) is 14.2 Å². The van der Waals surface area contributed by atoms with Crippen LogP contribution in [-0.4, -0.2) is 44.9 Å². The summed E-state index contributed by atoms with van der Waals surface area (Å²) in [6, 6.07) is 15.9. The number of para-hydroxylation sites is 1. The van der Waals surface area contributed by atoms with Crippen LogP contribution in [0.25, 0.3) is 6.08 Å². The van der Waals surface area contributed by atoms with E-state index in [9.17, 15) is 5.11 Å². The van der Waals surface area contributed by atoms with E-state index < -0.39 is 5.60 Å². The molecule has 0 spiro atoms. The van der Waals surface area contributed by atoms with Crippen molar-refractivity contribution in [3.05, 3.63) is 65.2 Å². The second-order valence-electron chi connectivity index (χ2n) is 8.12. The highest BCUT2D eigenvalue weighted by Crippen LogP contribution is 2.48. The van der Waals surface area contributed by atoms with Gasteiger partial charge in [0.2, 0.25) is 0 Å². The zero-order valence-electron chi connectivity index (χ0n) is 18.0. The molecule has 0 bridgehead atoms. The summed E-state index contributed by atoms with van der Waals surface area (Å²) in [7, 11) is 7.49. The molecule has 0 saturated heterocycles. The van der Waals surface area contributed by atoms with Gasteiger partial charge >= 0.3 is 0 Å². The Balaban J connectivity index is 2.18. The standard InChI is InChI=1S/C25H33NO3/c1-26(2)18-21-12-6-5-11-20(16-19-10-9-13-22(17-19)28-3)25(21,27)23-14-7-8-15-24(23)29-4/h7-10,13-17,21,27H,5-6,11-12,18H2,1-4H3. The summed E-state index contributed by atoms with van der Waals surface area (Å²) < 4.78 is 11.1. The van der Waals surface area contributed by atoms with Crippen LogP contribution in [0.1, 0.15) is 36.8 Å². The van der Waals surface area contributed by atoms with Crippen LogP contribution in [0.5, 0.6) is 11.5 Å². The van der Waals surface area contributed by atoms with Gasteiger partial charge in [0, 0.05) is 18.0 Å². The van der Waals surface area contributed by atoms with E-state index in [4.69, 9.17) is 9.47 Å². The third kappa shape index (κ3) is 4.65. The number of aliphatic hydroxyl groups is 1. The first-order valence-electron chi connectivity index (χ1n) is 10.3. The molecule has 0 aromatic heterocycles. The molecule has 0 amide bonds. The quantitative estimate of drug-likeness (QED) is 0.718. The molecule has 2 unspecified atom stereocenters. The summed E-state index contributed by atoms with van der Waals surface area (Å²) in [5, 5.41) is 12.4. The van der Waals surface area contributed by atoms with Crippen molar-refractivity contribution in [2.75, 3.05) is 34.9 Å². The molecule has 156 valence electrons. The van der Waals surface area contributed by atoms with Gasteiger partial charge in [-0.15, -0.1) is 0 Å². The largest absolute Gasteiger partial charge is 0.497 e. The maximum atomic E-state index is 12.4. The van der Waals surface area contributed by atoms with Gasteiger partial charge in [0.25, 0.3) is 0 Å². The van der Waals surface area contributed by atoms with Gasteiger partial charge in [0.15, 0.2) is 0 Å². The Hall–Kier alpha value is -2.30. The summed E-state index contributed by atoms with van der Waals surface area (Å²) in [5.41, 5.74) is 1.85. The van der Waals surface area contributed by atoms with Crippen LogP contribution >= 0.6 is 0 Å². The zero-order valence-corrected chi connectivity index (χ0v) is 18.0. The van der Waals surface area contributed by atoms with Gasteiger partial charge in [-0.1, -0.05) is 42.8 Å². The average Bonchev–Trinajstić information content (AvgIpc) is 2.88. The molecule has 4 nitrogen and oxygen atoms in total. The molecule has 2 aromatic carbocycles. The minimum absolute atomic E-state index is 0.0770. The van der Waals surface area contributed by atoms with Crippen molar-refractivity contribution in [1.29, 1.82) is 0 Å². The third-order valence-electron chi connectivity index (χ3n) is 5.87. The van der Waals surface area contributed by atoms with Crippen molar-refractivity contribution in [2.24, 2.45) is 5.92 Å². The lowest BCUT2D eigenvalue weighted by atomic mass is 9.73. The molecule has 1 fully saturated rings. The smallest absolute Gasteiger partial charge is 0.125 e. The van der Waals surface area contributed by atoms with Gasteiger partial charge in [-0.05, 0) is 62.7 Å². The fourth-order valence-corrected chi connectivity index (χ4v) is 4.50. The number of nitrogens with zero attached hydrogens (tertiary/aromatic N) is 1. The van der Waals surface area contributed by atoms with Crippen LogP contribution in [0, 0.1) is 5.92 Å². The lowest BCUT2D eigenvalue weighted by molar-refractivity contribution is -0.00134. The van der Waals surface area contributed by atoms with E-state index in [1.165, 1.54) is 0 Å². The van der Waals surface area contributed by atoms with Gasteiger partial charge in [-0.3, -0.25) is 0 Å². The van der Waals surface area contributed by atoms with Crippen LogP contribution in [0.4, 0.5) is 0 Å². The van der Waals surface area contributed by atoms with Crippen LogP contribution < -0.4 is 9.47 Å². The predicted molar refractivity (Wildman–Crippen MR) is 118 cm³/mol. The first kappa shape index (κ1) is 21.4. The van der Waals surface area contributed by atoms with Gasteiger partial charge < -0.3 is 19.5 Å². The van der Waals surface area contributed by atoms with Crippen molar-refractivity contribution in [3.63, 3.8) is 0 Å². The van der Waals surface area contributed by atoms with E-state index in [0.29, 0.717) is 0 Å². The molecule has 29 heavy (non-hydrogen) atoms. The van der Waals surface area contributed by atoms with Gasteiger partial charge in [0.1, 0.15) is 17.1 Å². The Morgan fingerprint density at radius 2 is 1.86 bits per heavy atom. The number of benzene rings is 2. The summed E-state index contributed by atoms with van der Waals surface area (Å²) >= 11 is 0. The summed E-state index contributed by atoms with van der Waals surface area (Å²) in [4.78, 5) is 2.17. The number of hydrogen-bond acceptors (Lipinski definition) is 4. The van der Waals surface area contributed by atoms with Crippen molar-refractivity contribution in [3.8, 4) is 11.5 Å². The second kappa shape index (κ2) is 9.47. The number of hydrogen-bond donors (Lipinski definition) is 1. The van der Waals surface area contributed by atoms with E-state index in [1.807, 2.05) is 42.5 Å². The molecule has 4 heteroatoms. The Morgan fingerprint density at radius 1 is 1.07 bits per heavy atom. The van der Waals surface area contributed by atoms with E-state index in [2.05, 4.69) is 31.1 Å².